The lowest BCUT2D eigenvalue weighted by Crippen LogP contribution is -2.31. The highest BCUT2D eigenvalue weighted by Crippen LogP contribution is 2.15. The molecule has 21 heavy (non-hydrogen) atoms. The topological polar surface area (TPSA) is 29.9 Å². The Hall–Kier alpha value is -1.68. The molecule has 0 radical (unpaired) electrons. The Morgan fingerprint density at radius 3 is 2.62 bits per heavy atom. The van der Waals surface area contributed by atoms with E-state index in [1.165, 1.54) is 11.6 Å². The van der Waals surface area contributed by atoms with Gasteiger partial charge < -0.3 is 5.32 Å². The minimum Gasteiger partial charge on any atom is -0.314 e. The quantitative estimate of drug-likeness (QED) is 0.849. The lowest BCUT2D eigenvalue weighted by molar-refractivity contribution is 0.443. The van der Waals surface area contributed by atoms with Crippen LogP contribution in [0.25, 0.3) is 0 Å². The molecule has 0 aliphatic carbocycles. The van der Waals surface area contributed by atoms with E-state index in [0.717, 1.165) is 24.9 Å². The van der Waals surface area contributed by atoms with Gasteiger partial charge in [0.25, 0.3) is 0 Å². The van der Waals surface area contributed by atoms with E-state index in [1.54, 1.807) is 12.1 Å². The fraction of sp³-hybridized carbons (Fsp3) is 0.471. The maximum atomic E-state index is 13.3. The minimum absolute atomic E-state index is 0.163. The third-order valence-electron chi connectivity index (χ3n) is 3.51. The normalized spacial score (nSPS) is 12.8. The highest BCUT2D eigenvalue weighted by atomic mass is 19.1. The van der Waals surface area contributed by atoms with Crippen LogP contribution < -0.4 is 5.32 Å². The Balaban J connectivity index is 2.04. The summed E-state index contributed by atoms with van der Waals surface area (Å²) < 4.78 is 15.2. The van der Waals surface area contributed by atoms with Gasteiger partial charge in [-0.2, -0.15) is 5.10 Å². The number of benzene rings is 1. The molecular weight excluding hydrogens is 265 g/mol. The van der Waals surface area contributed by atoms with Gasteiger partial charge >= 0.3 is 0 Å². The molecule has 3 nitrogen and oxygen atoms in total. The Morgan fingerprint density at radius 2 is 2.00 bits per heavy atom. The second-order valence-electron chi connectivity index (χ2n) is 5.99. The molecule has 0 fully saturated rings. The van der Waals surface area contributed by atoms with E-state index in [1.807, 2.05) is 30.2 Å². The molecule has 1 N–H and O–H groups in total. The number of nitrogens with one attached hydrogen (secondary N) is 1. The number of rotatable bonds is 7. The first-order chi connectivity index (χ1) is 10.0. The van der Waals surface area contributed by atoms with Crippen LogP contribution >= 0.6 is 0 Å². The number of hydrogen-bond acceptors (Lipinski definition) is 2. The van der Waals surface area contributed by atoms with E-state index in [4.69, 9.17) is 0 Å². The van der Waals surface area contributed by atoms with E-state index in [2.05, 4.69) is 24.3 Å². The van der Waals surface area contributed by atoms with Gasteiger partial charge in [0, 0.05) is 19.3 Å². The van der Waals surface area contributed by atoms with Crippen molar-refractivity contribution in [2.24, 2.45) is 13.0 Å². The van der Waals surface area contributed by atoms with Gasteiger partial charge in [-0.1, -0.05) is 26.0 Å². The molecule has 1 unspecified atom stereocenters. The van der Waals surface area contributed by atoms with E-state index in [0.29, 0.717) is 12.0 Å². The van der Waals surface area contributed by atoms with Gasteiger partial charge in [0.1, 0.15) is 5.82 Å². The number of aromatic nitrogens is 2. The molecule has 0 aliphatic heterocycles. The number of nitrogens with zero attached hydrogens (tertiary/aromatic N) is 2. The molecule has 0 aliphatic rings. The van der Waals surface area contributed by atoms with Crippen molar-refractivity contribution in [1.29, 1.82) is 0 Å². The first kappa shape index (κ1) is 15.7. The fourth-order valence-electron chi connectivity index (χ4n) is 2.53. The van der Waals surface area contributed by atoms with Crippen molar-refractivity contribution in [2.75, 3.05) is 6.54 Å². The van der Waals surface area contributed by atoms with Crippen molar-refractivity contribution < 1.29 is 4.39 Å². The standard InChI is InChI=1S/C17H24FN3/c1-13(2)19-10-15(8-16-11-20-21(3)12-16)7-14-5-4-6-17(18)9-14/h4-6,9,11-13,15,19H,7-8,10H2,1-3H3. The third-order valence-corrected chi connectivity index (χ3v) is 3.51. The predicted molar refractivity (Wildman–Crippen MR) is 83.6 cm³/mol. The smallest absolute Gasteiger partial charge is 0.123 e. The average molecular weight is 289 g/mol. The predicted octanol–water partition coefficient (Wildman–Crippen LogP) is 2.96. The Bertz CT molecular complexity index is 563. The molecule has 0 bridgehead atoms. The molecule has 114 valence electrons. The molecular formula is C17H24FN3. The summed E-state index contributed by atoms with van der Waals surface area (Å²) in [7, 11) is 1.93. The van der Waals surface area contributed by atoms with Gasteiger partial charge in [-0.15, -0.1) is 0 Å². The maximum absolute atomic E-state index is 13.3. The molecule has 0 saturated heterocycles. The lowest BCUT2D eigenvalue weighted by atomic mass is 9.93. The van der Waals surface area contributed by atoms with Crippen molar-refractivity contribution in [2.45, 2.75) is 32.7 Å². The van der Waals surface area contributed by atoms with Crippen molar-refractivity contribution in [3.8, 4) is 0 Å². The summed E-state index contributed by atoms with van der Waals surface area (Å²) in [4.78, 5) is 0. The van der Waals surface area contributed by atoms with Gasteiger partial charge in [0.2, 0.25) is 0 Å². The highest BCUT2D eigenvalue weighted by molar-refractivity contribution is 5.17. The van der Waals surface area contributed by atoms with E-state index >= 15 is 0 Å². The Kier molecular flexibility index (Phi) is 5.51. The summed E-state index contributed by atoms with van der Waals surface area (Å²) in [5.41, 5.74) is 2.28. The van der Waals surface area contributed by atoms with Gasteiger partial charge in [0.15, 0.2) is 0 Å². The summed E-state index contributed by atoms with van der Waals surface area (Å²) in [6.07, 6.45) is 5.78. The van der Waals surface area contributed by atoms with Crippen molar-refractivity contribution in [3.63, 3.8) is 0 Å². The van der Waals surface area contributed by atoms with Crippen LogP contribution in [-0.2, 0) is 19.9 Å². The molecule has 0 spiro atoms. The summed E-state index contributed by atoms with van der Waals surface area (Å²) in [5.74, 6) is 0.267. The van der Waals surface area contributed by atoms with Crippen LogP contribution in [0.15, 0.2) is 36.7 Å². The second kappa shape index (κ2) is 7.36. The minimum atomic E-state index is -0.163. The van der Waals surface area contributed by atoms with Crippen molar-refractivity contribution in [1.82, 2.24) is 15.1 Å². The zero-order valence-electron chi connectivity index (χ0n) is 13.0. The van der Waals surface area contributed by atoms with Crippen LogP contribution in [0.1, 0.15) is 25.0 Å². The molecule has 4 heteroatoms. The van der Waals surface area contributed by atoms with Crippen molar-refractivity contribution >= 4 is 0 Å². The van der Waals surface area contributed by atoms with Crippen LogP contribution in [-0.4, -0.2) is 22.4 Å². The summed E-state index contributed by atoms with van der Waals surface area (Å²) in [6, 6.07) is 7.35. The largest absolute Gasteiger partial charge is 0.314 e. The Labute approximate surface area is 126 Å². The molecule has 1 heterocycles. The number of hydrogen-bond donors (Lipinski definition) is 1. The van der Waals surface area contributed by atoms with E-state index < -0.39 is 0 Å². The molecule has 0 saturated carbocycles. The van der Waals surface area contributed by atoms with Crippen LogP contribution in [0.4, 0.5) is 4.39 Å². The molecule has 1 aromatic carbocycles. The maximum Gasteiger partial charge on any atom is 0.123 e. The summed E-state index contributed by atoms with van der Waals surface area (Å²) in [5, 5.41) is 7.71. The zero-order valence-corrected chi connectivity index (χ0v) is 13.0. The molecule has 2 rings (SSSR count). The monoisotopic (exact) mass is 289 g/mol. The molecule has 1 atom stereocenters. The second-order valence-corrected chi connectivity index (χ2v) is 5.99. The number of aryl methyl sites for hydroxylation is 1. The van der Waals surface area contributed by atoms with E-state index in [9.17, 15) is 4.39 Å². The molecule has 1 aromatic heterocycles. The molecule has 0 amide bonds. The number of halogens is 1. The Morgan fingerprint density at radius 1 is 1.24 bits per heavy atom. The summed E-state index contributed by atoms with van der Waals surface area (Å²) in [6.45, 7) is 5.20. The third kappa shape index (κ3) is 5.31. The fourth-order valence-corrected chi connectivity index (χ4v) is 2.53. The average Bonchev–Trinajstić information content (AvgIpc) is 2.81. The first-order valence-corrected chi connectivity index (χ1v) is 7.48. The van der Waals surface area contributed by atoms with Gasteiger partial charge in [-0.05, 0) is 48.6 Å². The van der Waals surface area contributed by atoms with Gasteiger partial charge in [-0.25, -0.2) is 4.39 Å². The van der Waals surface area contributed by atoms with Crippen LogP contribution in [0.5, 0.6) is 0 Å². The van der Waals surface area contributed by atoms with Gasteiger partial charge in [0.05, 0.1) is 6.20 Å². The van der Waals surface area contributed by atoms with Crippen LogP contribution in [0.2, 0.25) is 0 Å². The molecule has 2 aromatic rings. The zero-order chi connectivity index (χ0) is 15.2. The van der Waals surface area contributed by atoms with E-state index in [-0.39, 0.29) is 5.82 Å². The van der Waals surface area contributed by atoms with Crippen LogP contribution in [0.3, 0.4) is 0 Å². The summed E-state index contributed by atoms with van der Waals surface area (Å²) >= 11 is 0. The SMILES string of the molecule is CC(C)NCC(Cc1cccc(F)c1)Cc1cnn(C)c1. The van der Waals surface area contributed by atoms with Crippen molar-refractivity contribution in [3.05, 3.63) is 53.6 Å². The lowest BCUT2D eigenvalue weighted by Gasteiger charge is -2.19. The highest BCUT2D eigenvalue weighted by Gasteiger charge is 2.13. The van der Waals surface area contributed by atoms with Gasteiger partial charge in [-0.3, -0.25) is 4.68 Å². The van der Waals surface area contributed by atoms with Crippen LogP contribution in [0, 0.1) is 11.7 Å². The first-order valence-electron chi connectivity index (χ1n) is 7.48.